The van der Waals surface area contributed by atoms with Gasteiger partial charge in [-0.1, -0.05) is 50.2 Å². The molecule has 1 amide bonds. The van der Waals surface area contributed by atoms with Crippen molar-refractivity contribution in [1.82, 2.24) is 20.2 Å². The van der Waals surface area contributed by atoms with Crippen LogP contribution in [0.3, 0.4) is 0 Å². The molecule has 0 fully saturated rings. The molecule has 0 atom stereocenters. The predicted octanol–water partition coefficient (Wildman–Crippen LogP) is 3.72. The minimum Gasteiger partial charge on any atom is -0.324 e. The van der Waals surface area contributed by atoms with E-state index in [-0.39, 0.29) is 12.5 Å². The maximum absolute atomic E-state index is 12.3. The summed E-state index contributed by atoms with van der Waals surface area (Å²) < 4.78 is 0. The predicted molar refractivity (Wildman–Crippen MR) is 102 cm³/mol. The first-order valence-corrected chi connectivity index (χ1v) is 8.68. The molecule has 1 N–H and O–H groups in total. The summed E-state index contributed by atoms with van der Waals surface area (Å²) in [4.78, 5) is 13.6. The van der Waals surface area contributed by atoms with E-state index in [0.29, 0.717) is 11.7 Å². The van der Waals surface area contributed by atoms with Gasteiger partial charge in [-0.05, 0) is 47.7 Å². The molecule has 0 bridgehead atoms. The van der Waals surface area contributed by atoms with Crippen LogP contribution < -0.4 is 5.32 Å². The first kappa shape index (κ1) is 17.8. The molecular formula is C20H23N5O. The van der Waals surface area contributed by atoms with Gasteiger partial charge in [0.15, 0.2) is 0 Å². The van der Waals surface area contributed by atoms with Gasteiger partial charge < -0.3 is 5.32 Å². The molecule has 0 radical (unpaired) electrons. The largest absolute Gasteiger partial charge is 0.324 e. The Balaban J connectivity index is 1.68. The molecule has 1 aromatic heterocycles. The van der Waals surface area contributed by atoms with E-state index in [4.69, 9.17) is 0 Å². The molecule has 0 aliphatic rings. The number of tetrazole rings is 1. The number of nitrogens with one attached hydrogen (secondary N) is 1. The Hall–Kier alpha value is -3.02. The monoisotopic (exact) mass is 349 g/mol. The van der Waals surface area contributed by atoms with Crippen molar-refractivity contribution in [3.8, 4) is 11.4 Å². The first-order valence-electron chi connectivity index (χ1n) is 8.68. The number of amides is 1. The molecule has 1 heterocycles. The number of carbonyl (C=O) groups is 1. The van der Waals surface area contributed by atoms with Crippen molar-refractivity contribution in [3.05, 3.63) is 59.2 Å². The Morgan fingerprint density at radius 3 is 2.54 bits per heavy atom. The number of aryl methyl sites for hydroxylation is 1. The van der Waals surface area contributed by atoms with Crippen molar-refractivity contribution in [2.75, 3.05) is 5.32 Å². The minimum atomic E-state index is -0.183. The van der Waals surface area contributed by atoms with Crippen molar-refractivity contribution in [2.45, 2.75) is 40.2 Å². The van der Waals surface area contributed by atoms with E-state index < -0.39 is 0 Å². The zero-order valence-electron chi connectivity index (χ0n) is 15.5. The average Bonchev–Trinajstić information content (AvgIpc) is 3.07. The van der Waals surface area contributed by atoms with Crippen molar-refractivity contribution in [2.24, 2.45) is 0 Å². The Kier molecular flexibility index (Phi) is 5.11. The van der Waals surface area contributed by atoms with Crippen molar-refractivity contribution in [3.63, 3.8) is 0 Å². The molecule has 26 heavy (non-hydrogen) atoms. The van der Waals surface area contributed by atoms with Crippen LogP contribution in [0.25, 0.3) is 11.4 Å². The van der Waals surface area contributed by atoms with Gasteiger partial charge in [0.05, 0.1) is 0 Å². The fourth-order valence-electron chi connectivity index (χ4n) is 2.65. The van der Waals surface area contributed by atoms with Gasteiger partial charge in [0, 0.05) is 11.3 Å². The highest BCUT2D eigenvalue weighted by Crippen LogP contribution is 2.20. The molecule has 0 aliphatic carbocycles. The lowest BCUT2D eigenvalue weighted by Crippen LogP contribution is -2.21. The summed E-state index contributed by atoms with van der Waals surface area (Å²) >= 11 is 0. The molecule has 0 unspecified atom stereocenters. The summed E-state index contributed by atoms with van der Waals surface area (Å²) in [5.74, 6) is 0.805. The number of nitrogens with zero attached hydrogens (tertiary/aromatic N) is 4. The van der Waals surface area contributed by atoms with Gasteiger partial charge in [0.2, 0.25) is 11.7 Å². The van der Waals surface area contributed by atoms with Crippen LogP contribution in [0.2, 0.25) is 0 Å². The molecule has 0 saturated carbocycles. The quantitative estimate of drug-likeness (QED) is 0.762. The van der Waals surface area contributed by atoms with E-state index in [9.17, 15) is 4.79 Å². The van der Waals surface area contributed by atoms with Crippen LogP contribution in [-0.2, 0) is 11.3 Å². The second-order valence-corrected chi connectivity index (χ2v) is 6.72. The Bertz CT molecular complexity index is 912. The number of hydrogen-bond acceptors (Lipinski definition) is 4. The summed E-state index contributed by atoms with van der Waals surface area (Å²) in [5, 5.41) is 15.3. The molecule has 134 valence electrons. The third kappa shape index (κ3) is 3.96. The van der Waals surface area contributed by atoms with Gasteiger partial charge in [-0.25, -0.2) is 0 Å². The molecule has 3 rings (SSSR count). The molecule has 6 nitrogen and oxygen atoms in total. The van der Waals surface area contributed by atoms with E-state index in [2.05, 4.69) is 46.7 Å². The van der Waals surface area contributed by atoms with Crippen LogP contribution in [0, 0.1) is 13.8 Å². The van der Waals surface area contributed by atoms with Crippen LogP contribution in [0.4, 0.5) is 5.69 Å². The lowest BCUT2D eigenvalue weighted by Gasteiger charge is -2.09. The highest BCUT2D eigenvalue weighted by molar-refractivity contribution is 5.91. The van der Waals surface area contributed by atoms with E-state index in [0.717, 1.165) is 22.4 Å². The number of anilines is 1. The van der Waals surface area contributed by atoms with E-state index >= 15 is 0 Å². The molecule has 0 spiro atoms. The van der Waals surface area contributed by atoms with Gasteiger partial charge >= 0.3 is 0 Å². The molecule has 0 aliphatic heterocycles. The molecule has 3 aromatic rings. The van der Waals surface area contributed by atoms with Gasteiger partial charge in [0.25, 0.3) is 0 Å². The summed E-state index contributed by atoms with van der Waals surface area (Å²) in [6.07, 6.45) is 0. The molecular weight excluding hydrogens is 326 g/mol. The van der Waals surface area contributed by atoms with Gasteiger partial charge in [-0.2, -0.15) is 4.80 Å². The number of benzene rings is 2. The highest BCUT2D eigenvalue weighted by atomic mass is 16.2. The zero-order valence-corrected chi connectivity index (χ0v) is 15.5. The Morgan fingerprint density at radius 2 is 1.85 bits per heavy atom. The fraction of sp³-hybridized carbons (Fsp3) is 0.300. The number of aromatic nitrogens is 4. The average molecular weight is 349 g/mol. The molecule has 6 heteroatoms. The lowest BCUT2D eigenvalue weighted by atomic mass is 10.0. The number of rotatable bonds is 5. The minimum absolute atomic E-state index is 0.0183. The van der Waals surface area contributed by atoms with Crippen LogP contribution in [0.1, 0.15) is 36.5 Å². The van der Waals surface area contributed by atoms with Gasteiger partial charge in [0.1, 0.15) is 6.54 Å². The van der Waals surface area contributed by atoms with Crippen LogP contribution in [0.5, 0.6) is 0 Å². The smallest absolute Gasteiger partial charge is 0.248 e. The summed E-state index contributed by atoms with van der Waals surface area (Å²) in [6.45, 7) is 8.32. The van der Waals surface area contributed by atoms with Crippen molar-refractivity contribution in [1.29, 1.82) is 0 Å². The second kappa shape index (κ2) is 7.47. The zero-order chi connectivity index (χ0) is 18.7. The topological polar surface area (TPSA) is 72.7 Å². The highest BCUT2D eigenvalue weighted by Gasteiger charge is 2.11. The number of carbonyl (C=O) groups excluding carboxylic acids is 1. The van der Waals surface area contributed by atoms with Crippen molar-refractivity contribution < 1.29 is 4.79 Å². The summed E-state index contributed by atoms with van der Waals surface area (Å²) in [6, 6.07) is 13.9. The Labute approximate surface area is 153 Å². The fourth-order valence-corrected chi connectivity index (χ4v) is 2.65. The number of hydrogen-bond donors (Lipinski definition) is 1. The van der Waals surface area contributed by atoms with Crippen LogP contribution in [0.15, 0.2) is 42.5 Å². The SMILES string of the molecule is Cc1cccc(NC(=O)Cn2nnc(-c3ccc(C(C)C)cc3)n2)c1C. The maximum Gasteiger partial charge on any atom is 0.248 e. The van der Waals surface area contributed by atoms with E-state index in [1.807, 2.05) is 44.2 Å². The van der Waals surface area contributed by atoms with Crippen molar-refractivity contribution >= 4 is 11.6 Å². The first-order chi connectivity index (χ1) is 12.4. The van der Waals surface area contributed by atoms with E-state index in [1.54, 1.807) is 0 Å². The van der Waals surface area contributed by atoms with Crippen LogP contribution >= 0.6 is 0 Å². The second-order valence-electron chi connectivity index (χ2n) is 6.72. The maximum atomic E-state index is 12.3. The molecule has 0 saturated heterocycles. The van der Waals surface area contributed by atoms with Crippen LogP contribution in [-0.4, -0.2) is 26.1 Å². The molecule has 2 aromatic carbocycles. The standard InChI is InChI=1S/C20H23N5O/c1-13(2)16-8-10-17(11-9-16)20-22-24-25(23-20)12-19(26)21-18-7-5-6-14(3)15(18)4/h5-11,13H,12H2,1-4H3,(H,21,26). The van der Waals surface area contributed by atoms with Gasteiger partial charge in [-0.15, -0.1) is 10.2 Å². The summed E-state index contributed by atoms with van der Waals surface area (Å²) in [7, 11) is 0. The third-order valence-electron chi connectivity index (χ3n) is 4.45. The third-order valence-corrected chi connectivity index (χ3v) is 4.45. The summed E-state index contributed by atoms with van der Waals surface area (Å²) in [5.41, 5.74) is 5.14. The van der Waals surface area contributed by atoms with E-state index in [1.165, 1.54) is 10.4 Å². The Morgan fingerprint density at radius 1 is 1.12 bits per heavy atom. The lowest BCUT2D eigenvalue weighted by molar-refractivity contribution is -0.117. The van der Waals surface area contributed by atoms with Gasteiger partial charge in [-0.3, -0.25) is 4.79 Å². The normalized spacial score (nSPS) is 11.0.